The number of likely N-dealkylation sites (tertiary alicyclic amines) is 1. The number of carbonyl (C=O) groups excluding carboxylic acids is 1. The minimum absolute atomic E-state index is 0.352. The minimum atomic E-state index is -0.357. The molecular formula is C17H26N2O2. The van der Waals surface area contributed by atoms with Crippen molar-refractivity contribution in [3.8, 4) is 0 Å². The second kappa shape index (κ2) is 6.94. The first kappa shape index (κ1) is 15.8. The lowest BCUT2D eigenvalue weighted by Gasteiger charge is -2.31. The van der Waals surface area contributed by atoms with Gasteiger partial charge in [0.25, 0.3) is 0 Å². The van der Waals surface area contributed by atoms with Crippen LogP contribution >= 0.6 is 0 Å². The van der Waals surface area contributed by atoms with Gasteiger partial charge in [0.05, 0.1) is 0 Å². The lowest BCUT2D eigenvalue weighted by Crippen LogP contribution is -2.40. The van der Waals surface area contributed by atoms with Crippen LogP contribution in [-0.4, -0.2) is 37.2 Å². The van der Waals surface area contributed by atoms with Crippen molar-refractivity contribution in [3.63, 3.8) is 0 Å². The normalized spacial score (nSPS) is 19.3. The Morgan fingerprint density at radius 1 is 1.29 bits per heavy atom. The lowest BCUT2D eigenvalue weighted by molar-refractivity contribution is 0.0908. The summed E-state index contributed by atoms with van der Waals surface area (Å²) in [4.78, 5) is 14.3. The van der Waals surface area contributed by atoms with E-state index in [0.29, 0.717) is 12.6 Å². The molecule has 1 heterocycles. The smallest absolute Gasteiger partial charge is 0.411 e. The first-order valence-corrected chi connectivity index (χ1v) is 7.69. The van der Waals surface area contributed by atoms with E-state index < -0.39 is 0 Å². The van der Waals surface area contributed by atoms with Crippen molar-refractivity contribution in [2.75, 3.05) is 25.5 Å². The first-order valence-electron chi connectivity index (χ1n) is 7.69. The molecule has 1 aromatic rings. The van der Waals surface area contributed by atoms with Gasteiger partial charge in [0.1, 0.15) is 6.61 Å². The predicted molar refractivity (Wildman–Crippen MR) is 85.9 cm³/mol. The Bertz CT molecular complexity index is 491. The molecule has 116 valence electrons. The van der Waals surface area contributed by atoms with E-state index in [1.807, 2.05) is 13.8 Å². The van der Waals surface area contributed by atoms with Crippen molar-refractivity contribution in [2.24, 2.45) is 0 Å². The molecule has 1 aromatic carbocycles. The average Bonchev–Trinajstić information content (AvgIpc) is 2.42. The molecule has 0 aliphatic carbocycles. The highest BCUT2D eigenvalue weighted by Crippen LogP contribution is 2.22. The van der Waals surface area contributed by atoms with Crippen molar-refractivity contribution in [1.82, 2.24) is 4.90 Å². The Kier molecular flexibility index (Phi) is 5.23. The molecule has 0 spiro atoms. The van der Waals surface area contributed by atoms with Crippen molar-refractivity contribution in [3.05, 3.63) is 28.8 Å². The maximum absolute atomic E-state index is 12.0. The average molecular weight is 290 g/mol. The van der Waals surface area contributed by atoms with Gasteiger partial charge in [-0.1, -0.05) is 24.1 Å². The molecule has 1 amide bonds. The predicted octanol–water partition coefficient (Wildman–Crippen LogP) is 3.64. The molecule has 0 unspecified atom stereocenters. The topological polar surface area (TPSA) is 41.6 Å². The number of rotatable bonds is 3. The van der Waals surface area contributed by atoms with Gasteiger partial charge in [-0.3, -0.25) is 5.32 Å². The molecule has 1 atom stereocenters. The summed E-state index contributed by atoms with van der Waals surface area (Å²) in [6.45, 7) is 7.62. The molecule has 1 aliphatic rings. The zero-order chi connectivity index (χ0) is 15.4. The van der Waals surface area contributed by atoms with Gasteiger partial charge in [-0.25, -0.2) is 4.79 Å². The van der Waals surface area contributed by atoms with Gasteiger partial charge in [-0.15, -0.1) is 0 Å². The van der Waals surface area contributed by atoms with Crippen molar-refractivity contribution in [1.29, 1.82) is 0 Å². The summed E-state index contributed by atoms with van der Waals surface area (Å²) in [5.74, 6) is 0. The standard InChI is InChI=1S/C17H26N2O2/c1-12-9-13(2)16(14(3)10-12)18-17(20)21-11-15-7-5-6-8-19(15)4/h9-10,15H,5-8,11H2,1-4H3,(H,18,20)/t15-/m1/s1. The minimum Gasteiger partial charge on any atom is -0.448 e. The number of benzene rings is 1. The molecule has 4 heteroatoms. The van der Waals surface area contributed by atoms with Crippen molar-refractivity contribution < 1.29 is 9.53 Å². The van der Waals surface area contributed by atoms with Gasteiger partial charge in [0.15, 0.2) is 0 Å². The number of nitrogens with one attached hydrogen (secondary N) is 1. The maximum atomic E-state index is 12.0. The zero-order valence-corrected chi connectivity index (χ0v) is 13.5. The van der Waals surface area contributed by atoms with Crippen LogP contribution in [0.4, 0.5) is 10.5 Å². The molecule has 0 bridgehead atoms. The van der Waals surface area contributed by atoms with Crippen molar-refractivity contribution in [2.45, 2.75) is 46.1 Å². The summed E-state index contributed by atoms with van der Waals surface area (Å²) in [6, 6.07) is 4.49. The highest BCUT2D eigenvalue weighted by molar-refractivity contribution is 5.86. The number of carbonyl (C=O) groups is 1. The fraction of sp³-hybridized carbons (Fsp3) is 0.588. The van der Waals surface area contributed by atoms with E-state index >= 15 is 0 Å². The van der Waals surface area contributed by atoms with E-state index in [1.165, 1.54) is 18.4 Å². The summed E-state index contributed by atoms with van der Waals surface area (Å²) in [6.07, 6.45) is 3.20. The summed E-state index contributed by atoms with van der Waals surface area (Å²) >= 11 is 0. The van der Waals surface area contributed by atoms with Crippen LogP contribution in [0.25, 0.3) is 0 Å². The number of hydrogen-bond donors (Lipinski definition) is 1. The molecule has 4 nitrogen and oxygen atoms in total. The number of aryl methyl sites for hydroxylation is 3. The summed E-state index contributed by atoms with van der Waals surface area (Å²) in [7, 11) is 2.10. The second-order valence-corrected chi connectivity index (χ2v) is 6.13. The Morgan fingerprint density at radius 2 is 1.95 bits per heavy atom. The Hall–Kier alpha value is -1.55. The number of nitrogens with zero attached hydrogens (tertiary/aromatic N) is 1. The second-order valence-electron chi connectivity index (χ2n) is 6.13. The number of hydrogen-bond acceptors (Lipinski definition) is 3. The molecule has 0 radical (unpaired) electrons. The number of ether oxygens (including phenoxy) is 1. The quantitative estimate of drug-likeness (QED) is 0.924. The Balaban J connectivity index is 1.90. The van der Waals surface area contributed by atoms with Crippen LogP contribution in [-0.2, 0) is 4.74 Å². The van der Waals surface area contributed by atoms with Gasteiger partial charge in [0, 0.05) is 11.7 Å². The number of piperidine rings is 1. The number of anilines is 1. The van der Waals surface area contributed by atoms with Gasteiger partial charge in [-0.05, 0) is 58.3 Å². The van der Waals surface area contributed by atoms with Crippen LogP contribution in [0.3, 0.4) is 0 Å². The molecule has 1 aliphatic heterocycles. The molecule has 2 rings (SSSR count). The number of likely N-dealkylation sites (N-methyl/N-ethyl adjacent to an activating group) is 1. The van der Waals surface area contributed by atoms with Gasteiger partial charge in [-0.2, -0.15) is 0 Å². The highest BCUT2D eigenvalue weighted by atomic mass is 16.5. The summed E-state index contributed by atoms with van der Waals surface area (Å²) < 4.78 is 5.40. The van der Waals surface area contributed by atoms with Crippen LogP contribution in [0, 0.1) is 20.8 Å². The van der Waals surface area contributed by atoms with Gasteiger partial charge in [0.2, 0.25) is 0 Å². The first-order chi connectivity index (χ1) is 9.97. The molecule has 1 saturated heterocycles. The fourth-order valence-corrected chi connectivity index (χ4v) is 3.04. The fourth-order valence-electron chi connectivity index (χ4n) is 3.04. The van der Waals surface area contributed by atoms with Crippen LogP contribution < -0.4 is 5.32 Å². The molecule has 21 heavy (non-hydrogen) atoms. The molecule has 0 saturated carbocycles. The van der Waals surface area contributed by atoms with E-state index in [2.05, 4.69) is 36.3 Å². The van der Waals surface area contributed by atoms with Crippen molar-refractivity contribution >= 4 is 11.8 Å². The Morgan fingerprint density at radius 3 is 2.57 bits per heavy atom. The highest BCUT2D eigenvalue weighted by Gasteiger charge is 2.20. The van der Waals surface area contributed by atoms with E-state index in [4.69, 9.17) is 4.74 Å². The molecule has 1 fully saturated rings. The van der Waals surface area contributed by atoms with Crippen LogP contribution in [0.15, 0.2) is 12.1 Å². The Labute approximate surface area is 127 Å². The van der Waals surface area contributed by atoms with Gasteiger partial charge >= 0.3 is 6.09 Å². The van der Waals surface area contributed by atoms with Crippen LogP contribution in [0.1, 0.15) is 36.0 Å². The van der Waals surface area contributed by atoms with E-state index in [9.17, 15) is 4.79 Å². The third-order valence-corrected chi connectivity index (χ3v) is 4.23. The van der Waals surface area contributed by atoms with Crippen LogP contribution in [0.5, 0.6) is 0 Å². The summed E-state index contributed by atoms with van der Waals surface area (Å²) in [5, 5.41) is 2.88. The maximum Gasteiger partial charge on any atom is 0.411 e. The SMILES string of the molecule is Cc1cc(C)c(NC(=O)OC[C@H]2CCCCN2C)c(C)c1. The third-order valence-electron chi connectivity index (χ3n) is 4.23. The molecule has 0 aromatic heterocycles. The largest absolute Gasteiger partial charge is 0.448 e. The molecular weight excluding hydrogens is 264 g/mol. The zero-order valence-electron chi connectivity index (χ0n) is 13.5. The van der Waals surface area contributed by atoms with E-state index in [1.54, 1.807) is 0 Å². The summed E-state index contributed by atoms with van der Waals surface area (Å²) in [5.41, 5.74) is 4.20. The van der Waals surface area contributed by atoms with Crippen LogP contribution in [0.2, 0.25) is 0 Å². The molecule has 1 N–H and O–H groups in total. The number of amides is 1. The van der Waals surface area contributed by atoms with E-state index in [0.717, 1.165) is 29.8 Å². The lowest BCUT2D eigenvalue weighted by atomic mass is 10.0. The monoisotopic (exact) mass is 290 g/mol. The van der Waals surface area contributed by atoms with E-state index in [-0.39, 0.29) is 6.09 Å². The van der Waals surface area contributed by atoms with Gasteiger partial charge < -0.3 is 9.64 Å². The third kappa shape index (κ3) is 4.21.